The molecule has 2 aromatic carbocycles. The van der Waals surface area contributed by atoms with Crippen molar-refractivity contribution in [3.05, 3.63) is 54.1 Å². The van der Waals surface area contributed by atoms with Gasteiger partial charge in [0.2, 0.25) is 0 Å². The molecule has 0 aromatic heterocycles. The van der Waals surface area contributed by atoms with Crippen LogP contribution in [0.2, 0.25) is 0 Å². The lowest BCUT2D eigenvalue weighted by Gasteiger charge is -2.17. The number of hydrogen-bond donors (Lipinski definition) is 1. The van der Waals surface area contributed by atoms with Gasteiger partial charge in [-0.2, -0.15) is 0 Å². The van der Waals surface area contributed by atoms with Gasteiger partial charge in [-0.15, -0.1) is 0 Å². The molecule has 5 nitrogen and oxygen atoms in total. The number of ether oxygens (including phenoxy) is 3. The minimum absolute atomic E-state index is 0.0159. The van der Waals surface area contributed by atoms with Crippen LogP contribution in [0.5, 0.6) is 17.2 Å². The molecule has 0 heterocycles. The fourth-order valence-electron chi connectivity index (χ4n) is 2.10. The van der Waals surface area contributed by atoms with Crippen molar-refractivity contribution in [1.29, 1.82) is 0 Å². The van der Waals surface area contributed by atoms with Gasteiger partial charge in [-0.05, 0) is 30.3 Å². The Morgan fingerprint density at radius 1 is 1.00 bits per heavy atom. The Morgan fingerprint density at radius 2 is 1.64 bits per heavy atom. The second-order valence-electron chi connectivity index (χ2n) is 4.62. The molecule has 0 spiro atoms. The lowest BCUT2D eigenvalue weighted by atomic mass is 9.99. The average molecular weight is 302 g/mol. The van der Waals surface area contributed by atoms with Crippen LogP contribution in [-0.2, 0) is 4.79 Å². The highest BCUT2D eigenvalue weighted by Crippen LogP contribution is 2.28. The van der Waals surface area contributed by atoms with E-state index in [1.165, 1.54) is 7.11 Å². The van der Waals surface area contributed by atoms with Crippen LogP contribution in [-0.4, -0.2) is 31.9 Å². The van der Waals surface area contributed by atoms with Gasteiger partial charge in [-0.25, -0.2) is 0 Å². The second-order valence-corrected chi connectivity index (χ2v) is 4.62. The molecule has 0 saturated carbocycles. The van der Waals surface area contributed by atoms with Crippen molar-refractivity contribution in [2.45, 2.75) is 5.92 Å². The lowest BCUT2D eigenvalue weighted by Crippen LogP contribution is -2.20. The number of benzene rings is 2. The number of hydrogen-bond acceptors (Lipinski definition) is 4. The van der Waals surface area contributed by atoms with E-state index in [9.17, 15) is 9.90 Å². The largest absolute Gasteiger partial charge is 0.497 e. The number of carboxylic acid groups (broad SMARTS) is 1. The molecule has 0 amide bonds. The summed E-state index contributed by atoms with van der Waals surface area (Å²) < 4.78 is 15.9. The minimum atomic E-state index is -0.960. The third-order valence-corrected chi connectivity index (χ3v) is 3.29. The summed E-state index contributed by atoms with van der Waals surface area (Å²) >= 11 is 0. The highest BCUT2D eigenvalue weighted by Gasteiger charge is 2.24. The van der Waals surface area contributed by atoms with Crippen molar-refractivity contribution in [2.75, 3.05) is 20.8 Å². The summed E-state index contributed by atoms with van der Waals surface area (Å²) in [6.07, 6.45) is 0. The van der Waals surface area contributed by atoms with E-state index in [-0.39, 0.29) is 6.61 Å². The molecule has 0 radical (unpaired) electrons. The third-order valence-electron chi connectivity index (χ3n) is 3.29. The van der Waals surface area contributed by atoms with E-state index in [1.54, 1.807) is 55.6 Å². The molecule has 116 valence electrons. The summed E-state index contributed by atoms with van der Waals surface area (Å²) in [5, 5.41) is 9.45. The molecule has 0 fully saturated rings. The normalized spacial score (nSPS) is 11.5. The van der Waals surface area contributed by atoms with E-state index >= 15 is 0 Å². The predicted octanol–water partition coefficient (Wildman–Crippen LogP) is 2.95. The molecule has 2 rings (SSSR count). The van der Waals surface area contributed by atoms with Crippen molar-refractivity contribution in [1.82, 2.24) is 0 Å². The molecule has 0 aliphatic rings. The number of para-hydroxylation sites is 1. The summed E-state index contributed by atoms with van der Waals surface area (Å²) in [5.74, 6) is 0.0679. The first kappa shape index (κ1) is 15.7. The first-order chi connectivity index (χ1) is 10.7. The van der Waals surface area contributed by atoms with Crippen molar-refractivity contribution in [3.8, 4) is 17.2 Å². The van der Waals surface area contributed by atoms with Crippen LogP contribution in [0.3, 0.4) is 0 Å². The molecular weight excluding hydrogens is 284 g/mol. The van der Waals surface area contributed by atoms with Gasteiger partial charge in [0, 0.05) is 5.56 Å². The van der Waals surface area contributed by atoms with Gasteiger partial charge in [0.25, 0.3) is 0 Å². The number of carbonyl (C=O) groups is 1. The molecule has 1 atom stereocenters. The maximum Gasteiger partial charge on any atom is 0.314 e. The van der Waals surface area contributed by atoms with Gasteiger partial charge in [0.1, 0.15) is 29.8 Å². The third kappa shape index (κ3) is 3.69. The van der Waals surface area contributed by atoms with Gasteiger partial charge in [0.05, 0.1) is 14.2 Å². The molecule has 2 aromatic rings. The number of aliphatic carboxylic acids is 1. The zero-order valence-electron chi connectivity index (χ0n) is 12.5. The zero-order valence-corrected chi connectivity index (χ0v) is 12.5. The average Bonchev–Trinajstić information content (AvgIpc) is 2.55. The van der Waals surface area contributed by atoms with Gasteiger partial charge < -0.3 is 19.3 Å². The molecule has 0 aliphatic heterocycles. The van der Waals surface area contributed by atoms with E-state index in [4.69, 9.17) is 14.2 Å². The number of methoxy groups -OCH3 is 2. The van der Waals surface area contributed by atoms with Gasteiger partial charge >= 0.3 is 5.97 Å². The van der Waals surface area contributed by atoms with Crippen LogP contribution in [0.25, 0.3) is 0 Å². The Morgan fingerprint density at radius 3 is 2.23 bits per heavy atom. The Hall–Kier alpha value is -2.69. The minimum Gasteiger partial charge on any atom is -0.497 e. The second kappa shape index (κ2) is 7.36. The predicted molar refractivity (Wildman–Crippen MR) is 81.9 cm³/mol. The molecule has 0 aliphatic carbocycles. The van der Waals surface area contributed by atoms with Gasteiger partial charge in [-0.1, -0.05) is 18.2 Å². The Balaban J connectivity index is 2.13. The Labute approximate surface area is 129 Å². The summed E-state index contributed by atoms with van der Waals surface area (Å²) in [5.41, 5.74) is 0.589. The van der Waals surface area contributed by atoms with Crippen LogP contribution in [0.4, 0.5) is 0 Å². The van der Waals surface area contributed by atoms with Crippen LogP contribution in [0.1, 0.15) is 11.5 Å². The van der Waals surface area contributed by atoms with Crippen molar-refractivity contribution >= 4 is 5.97 Å². The van der Waals surface area contributed by atoms with E-state index in [2.05, 4.69) is 0 Å². The topological polar surface area (TPSA) is 65.0 Å². The zero-order chi connectivity index (χ0) is 15.9. The standard InChI is InChI=1S/C17H18O5/c1-20-12-7-9-13(10-8-12)22-11-15(17(18)19)14-5-3-4-6-16(14)21-2/h3-10,15H,11H2,1-2H3,(H,18,19). The monoisotopic (exact) mass is 302 g/mol. The van der Waals surface area contributed by atoms with Crippen molar-refractivity contribution < 1.29 is 24.1 Å². The number of carboxylic acids is 1. The molecule has 1 unspecified atom stereocenters. The van der Waals surface area contributed by atoms with Crippen molar-refractivity contribution in [3.63, 3.8) is 0 Å². The van der Waals surface area contributed by atoms with E-state index in [0.717, 1.165) is 0 Å². The van der Waals surface area contributed by atoms with Crippen LogP contribution < -0.4 is 14.2 Å². The molecular formula is C17H18O5. The molecule has 5 heteroatoms. The summed E-state index contributed by atoms with van der Waals surface area (Å²) in [4.78, 5) is 11.5. The Bertz CT molecular complexity index is 621. The highest BCUT2D eigenvalue weighted by molar-refractivity contribution is 5.77. The lowest BCUT2D eigenvalue weighted by molar-refractivity contribution is -0.139. The van der Waals surface area contributed by atoms with Gasteiger partial charge in [-0.3, -0.25) is 4.79 Å². The van der Waals surface area contributed by atoms with E-state index in [0.29, 0.717) is 22.8 Å². The first-order valence-corrected chi connectivity index (χ1v) is 6.78. The molecule has 22 heavy (non-hydrogen) atoms. The summed E-state index contributed by atoms with van der Waals surface area (Å²) in [6.45, 7) is 0.0159. The van der Waals surface area contributed by atoms with Crippen LogP contribution in [0, 0.1) is 0 Å². The van der Waals surface area contributed by atoms with Crippen LogP contribution in [0.15, 0.2) is 48.5 Å². The molecule has 1 N–H and O–H groups in total. The van der Waals surface area contributed by atoms with E-state index in [1.807, 2.05) is 0 Å². The molecule has 0 bridgehead atoms. The fourth-order valence-corrected chi connectivity index (χ4v) is 2.10. The van der Waals surface area contributed by atoms with Crippen molar-refractivity contribution in [2.24, 2.45) is 0 Å². The SMILES string of the molecule is COc1ccc(OCC(C(=O)O)c2ccccc2OC)cc1. The number of rotatable bonds is 7. The summed E-state index contributed by atoms with van der Waals surface area (Å²) in [7, 11) is 3.10. The van der Waals surface area contributed by atoms with Crippen LogP contribution >= 0.6 is 0 Å². The molecule has 0 saturated heterocycles. The maximum atomic E-state index is 11.5. The highest BCUT2D eigenvalue weighted by atomic mass is 16.5. The maximum absolute atomic E-state index is 11.5. The van der Waals surface area contributed by atoms with E-state index < -0.39 is 11.9 Å². The smallest absolute Gasteiger partial charge is 0.314 e. The fraction of sp³-hybridized carbons (Fsp3) is 0.235. The quantitative estimate of drug-likeness (QED) is 0.852. The first-order valence-electron chi connectivity index (χ1n) is 6.78. The summed E-state index contributed by atoms with van der Waals surface area (Å²) in [6, 6.07) is 14.0. The van der Waals surface area contributed by atoms with Gasteiger partial charge in [0.15, 0.2) is 0 Å². The Kier molecular flexibility index (Phi) is 5.25.